The molecule has 232 valence electrons. The molecule has 0 saturated carbocycles. The number of rotatable bonds is 8. The van der Waals surface area contributed by atoms with Gasteiger partial charge in [0.15, 0.2) is 16.8 Å². The fourth-order valence-corrected chi connectivity index (χ4v) is 6.53. The molecule has 0 spiro atoms. The maximum Gasteiger partial charge on any atom is 0.287 e. The van der Waals surface area contributed by atoms with Gasteiger partial charge in [-0.2, -0.15) is 0 Å². The fourth-order valence-electron chi connectivity index (χ4n) is 6.19. The molecule has 9 heteroatoms. The largest absolute Gasteiger partial charge is 0.449 e. The van der Waals surface area contributed by atoms with Crippen LogP contribution in [-0.4, -0.2) is 42.4 Å². The molecule has 1 aromatic heterocycles. The van der Waals surface area contributed by atoms with Crippen molar-refractivity contribution in [3.63, 3.8) is 0 Å². The Kier molecular flexibility index (Phi) is 9.57. The van der Waals surface area contributed by atoms with Crippen LogP contribution in [0, 0.1) is 0 Å². The van der Waals surface area contributed by atoms with Crippen molar-refractivity contribution in [3.8, 4) is 0 Å². The van der Waals surface area contributed by atoms with Gasteiger partial charge >= 0.3 is 0 Å². The molecule has 2 amide bonds. The van der Waals surface area contributed by atoms with Gasteiger partial charge in [0.1, 0.15) is 0 Å². The first kappa shape index (κ1) is 30.9. The van der Waals surface area contributed by atoms with Crippen LogP contribution in [0.4, 0.5) is 5.69 Å². The average Bonchev–Trinajstić information content (AvgIpc) is 3.04. The molecule has 1 N–H and O–H groups in total. The Hall–Kier alpha value is -4.07. The SMILES string of the molecule is O=C(N[C@@H](C=C1CCN(c2ccccc2CN2CCCCC2=O)CC1)Cc1ccc(Cl)cc1)c1cc(=O)c2cccc(Cl)c2o1. The summed E-state index contributed by atoms with van der Waals surface area (Å²) in [5.74, 6) is -0.332. The van der Waals surface area contributed by atoms with Crippen LogP contribution in [0.15, 0.2) is 93.7 Å². The molecule has 45 heavy (non-hydrogen) atoms. The molecule has 2 aliphatic rings. The van der Waals surface area contributed by atoms with E-state index in [4.69, 9.17) is 27.6 Å². The van der Waals surface area contributed by atoms with Gasteiger partial charge in [-0.25, -0.2) is 0 Å². The van der Waals surface area contributed by atoms with E-state index < -0.39 is 5.91 Å². The number of carbonyl (C=O) groups excluding carboxylic acids is 2. The number of halogens is 2. The number of nitrogens with one attached hydrogen (secondary N) is 1. The van der Waals surface area contributed by atoms with Crippen molar-refractivity contribution < 1.29 is 14.0 Å². The summed E-state index contributed by atoms with van der Waals surface area (Å²) in [5, 5.41) is 4.33. The van der Waals surface area contributed by atoms with Crippen LogP contribution in [0.2, 0.25) is 10.0 Å². The van der Waals surface area contributed by atoms with E-state index in [-0.39, 0.29) is 33.7 Å². The van der Waals surface area contributed by atoms with Crippen molar-refractivity contribution in [2.24, 2.45) is 0 Å². The number of likely N-dealkylation sites (tertiary alicyclic amines) is 1. The lowest BCUT2D eigenvalue weighted by Crippen LogP contribution is -2.37. The maximum absolute atomic E-state index is 13.4. The minimum Gasteiger partial charge on any atom is -0.449 e. The topological polar surface area (TPSA) is 82.9 Å². The number of fused-ring (bicyclic) bond motifs is 1. The van der Waals surface area contributed by atoms with Crippen LogP contribution in [0.1, 0.15) is 53.8 Å². The second kappa shape index (κ2) is 13.9. The van der Waals surface area contributed by atoms with E-state index in [0.717, 1.165) is 50.9 Å². The molecule has 3 aromatic carbocycles. The number of hydrogen-bond donors (Lipinski definition) is 1. The van der Waals surface area contributed by atoms with E-state index in [2.05, 4.69) is 34.5 Å². The van der Waals surface area contributed by atoms with Gasteiger partial charge < -0.3 is 19.5 Å². The summed E-state index contributed by atoms with van der Waals surface area (Å²) in [6, 6.07) is 21.7. The number of carbonyl (C=O) groups is 2. The van der Waals surface area contributed by atoms with Crippen LogP contribution in [0.3, 0.4) is 0 Å². The maximum atomic E-state index is 13.4. The summed E-state index contributed by atoms with van der Waals surface area (Å²) < 4.78 is 5.81. The number of anilines is 1. The normalized spacial score (nSPS) is 16.1. The lowest BCUT2D eigenvalue weighted by Gasteiger charge is -2.34. The van der Waals surface area contributed by atoms with Crippen LogP contribution in [0.25, 0.3) is 11.0 Å². The standard InChI is InChI=1S/C36H35Cl2N3O4/c37-27-13-11-24(12-14-27)20-28(39-36(44)33-22-32(42)29-7-5-8-30(38)35(29)45-33)21-25-15-18-40(19-16-25)31-9-2-1-6-26(31)23-41-17-4-3-10-34(41)43/h1-2,5-9,11-14,21-22,28H,3-4,10,15-20,23H2,(H,39,44)/t28-/m1/s1. The van der Waals surface area contributed by atoms with E-state index in [9.17, 15) is 14.4 Å². The Morgan fingerprint density at radius 2 is 1.69 bits per heavy atom. The van der Waals surface area contributed by atoms with Gasteiger partial charge in [0.05, 0.1) is 16.5 Å². The van der Waals surface area contributed by atoms with Gasteiger partial charge in [-0.1, -0.05) is 71.2 Å². The molecule has 2 saturated heterocycles. The second-order valence-corrected chi connectivity index (χ2v) is 12.6. The highest BCUT2D eigenvalue weighted by atomic mass is 35.5. The number of nitrogens with zero attached hydrogens (tertiary/aromatic N) is 2. The quantitative estimate of drug-likeness (QED) is 0.206. The lowest BCUT2D eigenvalue weighted by atomic mass is 9.97. The molecule has 0 aliphatic carbocycles. The molecule has 2 aliphatic heterocycles. The van der Waals surface area contributed by atoms with Crippen LogP contribution in [0.5, 0.6) is 0 Å². The zero-order valence-corrected chi connectivity index (χ0v) is 26.4. The summed E-state index contributed by atoms with van der Waals surface area (Å²) in [6.45, 7) is 3.11. The van der Waals surface area contributed by atoms with Gasteiger partial charge in [0, 0.05) is 49.4 Å². The molecule has 1 atom stereocenters. The van der Waals surface area contributed by atoms with Gasteiger partial charge in [-0.05, 0) is 73.6 Å². The second-order valence-electron chi connectivity index (χ2n) is 11.7. The van der Waals surface area contributed by atoms with Gasteiger partial charge in [0.25, 0.3) is 5.91 Å². The number of para-hydroxylation sites is 2. The van der Waals surface area contributed by atoms with Crippen molar-refractivity contribution in [2.75, 3.05) is 24.5 Å². The summed E-state index contributed by atoms with van der Waals surface area (Å²) in [4.78, 5) is 43.0. The third-order valence-corrected chi connectivity index (χ3v) is 9.12. The van der Waals surface area contributed by atoms with E-state index in [1.165, 1.54) is 22.9 Å². The monoisotopic (exact) mass is 643 g/mol. The molecule has 7 nitrogen and oxygen atoms in total. The minimum atomic E-state index is -0.483. The van der Waals surface area contributed by atoms with E-state index in [1.807, 2.05) is 35.2 Å². The first-order valence-corrected chi connectivity index (χ1v) is 16.2. The van der Waals surface area contributed by atoms with Crippen molar-refractivity contribution >= 4 is 51.7 Å². The first-order valence-electron chi connectivity index (χ1n) is 15.4. The summed E-state index contributed by atoms with van der Waals surface area (Å²) >= 11 is 12.4. The minimum absolute atomic E-state index is 0.0845. The predicted molar refractivity (Wildman–Crippen MR) is 179 cm³/mol. The summed E-state index contributed by atoms with van der Waals surface area (Å²) in [7, 11) is 0. The van der Waals surface area contributed by atoms with Crippen LogP contribution < -0.4 is 15.6 Å². The molecule has 4 aromatic rings. The lowest BCUT2D eigenvalue weighted by molar-refractivity contribution is -0.133. The van der Waals surface area contributed by atoms with Crippen molar-refractivity contribution in [1.29, 1.82) is 0 Å². The molecule has 2 fully saturated rings. The van der Waals surface area contributed by atoms with Crippen LogP contribution >= 0.6 is 23.2 Å². The Morgan fingerprint density at radius 3 is 2.47 bits per heavy atom. The summed E-state index contributed by atoms with van der Waals surface area (Å²) in [5.41, 5.74) is 4.48. The Morgan fingerprint density at radius 1 is 0.911 bits per heavy atom. The van der Waals surface area contributed by atoms with Gasteiger partial charge in [-0.3, -0.25) is 14.4 Å². The highest BCUT2D eigenvalue weighted by Crippen LogP contribution is 2.29. The number of hydrogen-bond acceptors (Lipinski definition) is 5. The highest BCUT2D eigenvalue weighted by molar-refractivity contribution is 6.34. The Balaban J connectivity index is 1.19. The third-order valence-electron chi connectivity index (χ3n) is 8.57. The highest BCUT2D eigenvalue weighted by Gasteiger charge is 2.23. The Bertz CT molecular complexity index is 1790. The molecule has 0 unspecified atom stereocenters. The number of amides is 2. The molecular weight excluding hydrogens is 609 g/mol. The Labute approximate surface area is 272 Å². The third kappa shape index (κ3) is 7.43. The molecule has 0 bridgehead atoms. The fraction of sp³-hybridized carbons (Fsp3) is 0.306. The molecule has 0 radical (unpaired) electrons. The van der Waals surface area contributed by atoms with Gasteiger partial charge in [-0.15, -0.1) is 0 Å². The van der Waals surface area contributed by atoms with E-state index >= 15 is 0 Å². The zero-order chi connectivity index (χ0) is 31.3. The average molecular weight is 645 g/mol. The van der Waals surface area contributed by atoms with Gasteiger partial charge in [0.2, 0.25) is 5.91 Å². The molecular formula is C36H35Cl2N3O4. The van der Waals surface area contributed by atoms with E-state index in [1.54, 1.807) is 18.2 Å². The molecule has 3 heterocycles. The van der Waals surface area contributed by atoms with Crippen molar-refractivity contribution in [1.82, 2.24) is 10.2 Å². The van der Waals surface area contributed by atoms with Crippen molar-refractivity contribution in [2.45, 2.75) is 51.1 Å². The van der Waals surface area contributed by atoms with Crippen molar-refractivity contribution in [3.05, 3.63) is 122 Å². The number of piperidine rings is 2. The zero-order valence-electron chi connectivity index (χ0n) is 24.9. The molecule has 6 rings (SSSR count). The summed E-state index contributed by atoms with van der Waals surface area (Å²) in [6.07, 6.45) is 7.02. The van der Waals surface area contributed by atoms with E-state index in [0.29, 0.717) is 29.8 Å². The predicted octanol–water partition coefficient (Wildman–Crippen LogP) is 7.18. The first-order chi connectivity index (χ1) is 21.8. The van der Waals surface area contributed by atoms with Crippen LogP contribution in [-0.2, 0) is 17.8 Å². The smallest absolute Gasteiger partial charge is 0.287 e. The number of benzene rings is 3.